The standard InChI is InChI=1S/C110H79B3N10O/c1-69-52-71(3)109(72(4)53-69)122-98-66-94-88(111-90-57-76(115-7)49-51-97(90)120(83-44-28-14-29-45-83)100-59-85(58-95(116-94)106(100)111)117(77-32-16-8-17-33-77)78-34-18-9-19-35-78)64-91(98)113-93-65-92-99(67-104(93)124-105-63-87(62-103(122)108(105)113)119(81-40-24-12-25-41-81)82-42-26-13-27-43-82)123(110-73(5)54-70(2)55-74(110)6)102-61-86(118(79-36-20-10-21-37-79)80-38-22-11-23-39-80)60-101-107(102)112(92)89-56-75(68-114)48-50-96(89)121(101)84-46-30-15-31-47-84/h8-67,116H,1-6H3. The molecule has 1 N–H and O–H groups in total. The molecule has 0 aromatic heterocycles. The summed E-state index contributed by atoms with van der Waals surface area (Å²) in [4.78, 5) is 21.3. The minimum Gasteiger partial charge on any atom is -0.458 e. The number of nitriles is 1. The molecule has 0 spiro atoms. The van der Waals surface area contributed by atoms with Gasteiger partial charge in [0.05, 0.1) is 46.6 Å². The maximum absolute atomic E-state index is 11.3. The largest absolute Gasteiger partial charge is 0.458 e. The molecule has 6 heterocycles. The fourth-order valence-electron chi connectivity index (χ4n) is 21.1. The molecule has 584 valence electrons. The molecule has 124 heavy (non-hydrogen) atoms. The van der Waals surface area contributed by atoms with Gasteiger partial charge in [-0.25, -0.2) is 4.85 Å². The van der Waals surface area contributed by atoms with Gasteiger partial charge in [0.2, 0.25) is 6.71 Å². The first-order valence-corrected chi connectivity index (χ1v) is 42.5. The molecular weight excluding hydrogens is 1510 g/mol. The normalized spacial score (nSPS) is 12.9. The van der Waals surface area contributed by atoms with Gasteiger partial charge in [-0.3, -0.25) is 0 Å². The highest BCUT2D eigenvalue weighted by Crippen LogP contribution is 2.55. The van der Waals surface area contributed by atoms with Crippen LogP contribution in [-0.2, 0) is 0 Å². The lowest BCUT2D eigenvalue weighted by molar-refractivity contribution is 0.488. The molecule has 0 aliphatic carbocycles. The van der Waals surface area contributed by atoms with Crippen LogP contribution in [0.1, 0.15) is 38.9 Å². The Kier molecular flexibility index (Phi) is 17.1. The maximum atomic E-state index is 11.3. The fourth-order valence-corrected chi connectivity index (χ4v) is 21.1. The Morgan fingerprint density at radius 3 is 1.11 bits per heavy atom. The molecule has 0 amide bonds. The summed E-state index contributed by atoms with van der Waals surface area (Å²) in [6, 6.07) is 134. The fraction of sp³-hybridized carbons (Fsp3) is 0.0545. The molecule has 17 aromatic rings. The summed E-state index contributed by atoms with van der Waals surface area (Å²) in [6.45, 7) is 20.9. The topological polar surface area (TPSA) is 72.1 Å². The van der Waals surface area contributed by atoms with Crippen molar-refractivity contribution in [3.05, 3.63) is 414 Å². The van der Waals surface area contributed by atoms with Gasteiger partial charge in [-0.05, 0) is 265 Å². The number of ether oxygens (including phenoxy) is 1. The van der Waals surface area contributed by atoms with E-state index in [4.69, 9.17) is 11.3 Å². The molecule has 0 saturated carbocycles. The van der Waals surface area contributed by atoms with Crippen LogP contribution in [0, 0.1) is 59.4 Å². The van der Waals surface area contributed by atoms with Crippen molar-refractivity contribution >= 4 is 206 Å². The molecule has 11 nitrogen and oxygen atoms in total. The molecule has 0 radical (unpaired) electrons. The van der Waals surface area contributed by atoms with Gasteiger partial charge < -0.3 is 44.4 Å². The van der Waals surface area contributed by atoms with E-state index in [0.29, 0.717) is 11.3 Å². The molecule has 17 aromatic carbocycles. The van der Waals surface area contributed by atoms with E-state index in [-0.39, 0.29) is 6.71 Å². The number of nitrogens with zero attached hydrogens (tertiary/aromatic N) is 9. The van der Waals surface area contributed by atoms with Gasteiger partial charge in [-0.15, -0.1) is 0 Å². The first kappa shape index (κ1) is 73.3. The van der Waals surface area contributed by atoms with Crippen LogP contribution >= 0.6 is 0 Å². The van der Waals surface area contributed by atoms with Crippen molar-refractivity contribution in [3.8, 4) is 17.6 Å². The van der Waals surface area contributed by atoms with Gasteiger partial charge in [0, 0.05) is 115 Å². The summed E-state index contributed by atoms with van der Waals surface area (Å²) in [6.07, 6.45) is 0. The van der Waals surface area contributed by atoms with Gasteiger partial charge in [0.25, 0.3) is 13.4 Å². The Morgan fingerprint density at radius 1 is 0.298 bits per heavy atom. The smallest absolute Gasteiger partial charge is 0.256 e. The van der Waals surface area contributed by atoms with E-state index in [9.17, 15) is 5.26 Å². The third kappa shape index (κ3) is 11.6. The van der Waals surface area contributed by atoms with E-state index in [1.807, 2.05) is 12.1 Å². The quantitative estimate of drug-likeness (QED) is 0.0891. The molecule has 23 rings (SSSR count). The number of rotatable bonds is 13. The van der Waals surface area contributed by atoms with E-state index >= 15 is 0 Å². The van der Waals surface area contributed by atoms with Crippen LogP contribution in [0.4, 0.5) is 136 Å². The van der Waals surface area contributed by atoms with Gasteiger partial charge in [-0.2, -0.15) is 5.26 Å². The Hall–Kier alpha value is -15.9. The van der Waals surface area contributed by atoms with Crippen LogP contribution in [0.15, 0.2) is 364 Å². The van der Waals surface area contributed by atoms with E-state index in [2.05, 4.69) is 444 Å². The predicted octanol–water partition coefficient (Wildman–Crippen LogP) is 23.2. The Balaban J connectivity index is 0.842. The van der Waals surface area contributed by atoms with Crippen molar-refractivity contribution in [3.63, 3.8) is 0 Å². The lowest BCUT2D eigenvalue weighted by atomic mass is 9.29. The second-order valence-electron chi connectivity index (χ2n) is 33.4. The zero-order valence-corrected chi connectivity index (χ0v) is 69.3. The Bertz CT molecular complexity index is 7170. The van der Waals surface area contributed by atoms with Crippen LogP contribution in [-0.4, -0.2) is 20.1 Å². The van der Waals surface area contributed by atoms with E-state index < -0.39 is 13.4 Å². The number of hydrogen-bond donors (Lipinski definition) is 1. The Morgan fingerprint density at radius 2 is 0.661 bits per heavy atom. The summed E-state index contributed by atoms with van der Waals surface area (Å²) in [5.41, 5.74) is 40.5. The summed E-state index contributed by atoms with van der Waals surface area (Å²) in [7, 11) is 0. The highest BCUT2D eigenvalue weighted by molar-refractivity contribution is 7.04. The average molecular weight is 1590 g/mol. The summed E-state index contributed by atoms with van der Waals surface area (Å²) in [5, 5.41) is 15.6. The van der Waals surface area contributed by atoms with Crippen LogP contribution in [0.3, 0.4) is 0 Å². The van der Waals surface area contributed by atoms with Gasteiger partial charge in [0.1, 0.15) is 11.5 Å². The van der Waals surface area contributed by atoms with Crippen molar-refractivity contribution in [2.45, 2.75) is 41.5 Å². The van der Waals surface area contributed by atoms with E-state index in [1.54, 1.807) is 0 Å². The number of aryl methyl sites for hydroxylation is 6. The molecular formula is C110H79B3N10O. The minimum atomic E-state index is -0.483. The summed E-state index contributed by atoms with van der Waals surface area (Å²) in [5.74, 6) is 1.46. The monoisotopic (exact) mass is 1590 g/mol. The number of hydrogen-bond acceptors (Lipinski definition) is 10. The van der Waals surface area contributed by atoms with Crippen molar-refractivity contribution in [2.75, 3.05) is 39.6 Å². The van der Waals surface area contributed by atoms with Crippen LogP contribution < -0.4 is 93.5 Å². The molecule has 0 atom stereocenters. The lowest BCUT2D eigenvalue weighted by Gasteiger charge is -2.47. The SMILES string of the molecule is [C-]#[N+]c1ccc2c(c1)B1c3cc4c(cc3Nc3cc(N(c5ccccc5)c5ccccc5)cc(c31)N2c1ccccc1)N(c1c(C)cc(C)cc1C)c1cc(N(c2ccccc2)c2ccccc2)cc2c1B4c1cc3c(cc1O2)N(c1c(C)cc(C)cc1C)c1cc(N(c2ccccc2)c2ccccc2)cc2c1B3c1cc(C#N)ccc1N2c1ccccc1. The molecule has 0 bridgehead atoms. The number of nitrogens with one attached hydrogen (secondary N) is 1. The third-order valence-corrected chi connectivity index (χ3v) is 25.8. The van der Waals surface area contributed by atoms with E-state index in [0.717, 1.165) is 214 Å². The van der Waals surface area contributed by atoms with Crippen molar-refractivity contribution < 1.29 is 4.74 Å². The number of para-hydroxylation sites is 8. The number of benzene rings is 17. The first-order chi connectivity index (χ1) is 60.9. The zero-order valence-electron chi connectivity index (χ0n) is 69.3. The summed E-state index contributed by atoms with van der Waals surface area (Å²) < 4.78 is 8.21. The number of fused-ring (bicyclic) bond motifs is 12. The molecule has 6 aliphatic rings. The molecule has 14 heteroatoms. The van der Waals surface area contributed by atoms with Gasteiger partial charge >= 0.3 is 0 Å². The second-order valence-corrected chi connectivity index (χ2v) is 33.4. The van der Waals surface area contributed by atoms with Gasteiger partial charge in [-0.1, -0.05) is 211 Å². The molecule has 0 unspecified atom stereocenters. The maximum Gasteiger partial charge on any atom is 0.256 e. The minimum absolute atomic E-state index is 0.387. The van der Waals surface area contributed by atoms with Crippen molar-refractivity contribution in [1.82, 2.24) is 0 Å². The van der Waals surface area contributed by atoms with Crippen molar-refractivity contribution in [2.24, 2.45) is 0 Å². The van der Waals surface area contributed by atoms with Crippen LogP contribution in [0.2, 0.25) is 0 Å². The summed E-state index contributed by atoms with van der Waals surface area (Å²) >= 11 is 0. The van der Waals surface area contributed by atoms with Crippen LogP contribution in [0.25, 0.3) is 4.85 Å². The van der Waals surface area contributed by atoms with E-state index in [1.165, 1.54) is 11.1 Å². The number of anilines is 23. The average Bonchev–Trinajstić information content (AvgIpc) is 0.668. The first-order valence-electron chi connectivity index (χ1n) is 42.5. The van der Waals surface area contributed by atoms with Crippen LogP contribution in [0.5, 0.6) is 11.5 Å². The molecule has 0 saturated heterocycles. The Labute approximate surface area is 724 Å². The molecule has 0 fully saturated rings. The highest BCUT2D eigenvalue weighted by atomic mass is 16.5. The lowest BCUT2D eigenvalue weighted by Crippen LogP contribution is -2.65. The third-order valence-electron chi connectivity index (χ3n) is 25.8. The molecule has 6 aliphatic heterocycles. The van der Waals surface area contributed by atoms with Gasteiger partial charge in [0.15, 0.2) is 5.69 Å². The van der Waals surface area contributed by atoms with Crippen molar-refractivity contribution in [1.29, 1.82) is 5.26 Å². The predicted molar refractivity (Wildman–Crippen MR) is 519 cm³/mol. The zero-order chi connectivity index (χ0) is 83.3. The highest BCUT2D eigenvalue weighted by Gasteiger charge is 2.51. The second kappa shape index (κ2) is 29.0.